The van der Waals surface area contributed by atoms with Gasteiger partial charge in [-0.3, -0.25) is 0 Å². The summed E-state index contributed by atoms with van der Waals surface area (Å²) in [5.74, 6) is 0.299. The highest BCUT2D eigenvalue weighted by molar-refractivity contribution is 5.36. The Bertz CT molecular complexity index is 857. The Kier molecular flexibility index (Phi) is 4.92. The van der Waals surface area contributed by atoms with Crippen molar-refractivity contribution in [3.8, 4) is 5.69 Å². The van der Waals surface area contributed by atoms with Gasteiger partial charge in [0.05, 0.1) is 11.4 Å². The van der Waals surface area contributed by atoms with E-state index >= 15 is 0 Å². The predicted molar refractivity (Wildman–Crippen MR) is 92.1 cm³/mol. The van der Waals surface area contributed by atoms with Gasteiger partial charge in [0.15, 0.2) is 5.69 Å². The molecule has 3 aromatic rings. The lowest BCUT2D eigenvalue weighted by molar-refractivity contribution is -0.141. The lowest BCUT2D eigenvalue weighted by atomic mass is 10.1. The molecule has 136 valence electrons. The number of halogens is 3. The highest BCUT2D eigenvalue weighted by atomic mass is 19.4. The first kappa shape index (κ1) is 17.9. The summed E-state index contributed by atoms with van der Waals surface area (Å²) in [6.45, 7) is 3.85. The first-order valence-corrected chi connectivity index (χ1v) is 8.11. The van der Waals surface area contributed by atoms with Crippen LogP contribution in [0.2, 0.25) is 0 Å². The van der Waals surface area contributed by atoms with Crippen LogP contribution in [-0.2, 0) is 12.6 Å². The third kappa shape index (κ3) is 4.19. The van der Waals surface area contributed by atoms with Gasteiger partial charge in [0.25, 0.3) is 0 Å². The van der Waals surface area contributed by atoms with Crippen molar-refractivity contribution < 1.29 is 13.2 Å². The van der Waals surface area contributed by atoms with E-state index in [9.17, 15) is 13.2 Å². The smallest absolute Gasteiger partial charge is 0.366 e. The zero-order valence-electron chi connectivity index (χ0n) is 14.3. The Hall–Kier alpha value is -2.90. The molecule has 0 amide bonds. The second-order valence-corrected chi connectivity index (χ2v) is 6.08. The maximum atomic E-state index is 12.5. The number of nitrogens with one attached hydrogen (secondary N) is 1. The summed E-state index contributed by atoms with van der Waals surface area (Å²) in [7, 11) is 0. The van der Waals surface area contributed by atoms with Gasteiger partial charge in [-0.15, -0.1) is 10.2 Å². The standard InChI is InChI=1S/C18H18F3N5/c1-12(22-17-9-8-16(23-24-17)18(19,20)21)10-15-11-13(2)25-26(15)14-6-4-3-5-7-14/h3-9,11-12H,10H2,1-2H3,(H,22,24). The van der Waals surface area contributed by atoms with Gasteiger partial charge in [-0.1, -0.05) is 18.2 Å². The Labute approximate surface area is 148 Å². The van der Waals surface area contributed by atoms with Crippen LogP contribution in [-0.4, -0.2) is 26.0 Å². The van der Waals surface area contributed by atoms with Gasteiger partial charge in [-0.05, 0) is 44.2 Å². The molecule has 0 spiro atoms. The molecular formula is C18H18F3N5. The van der Waals surface area contributed by atoms with E-state index in [4.69, 9.17) is 0 Å². The molecule has 0 radical (unpaired) electrons. The molecule has 5 nitrogen and oxygen atoms in total. The van der Waals surface area contributed by atoms with E-state index in [1.54, 1.807) is 0 Å². The highest BCUT2D eigenvalue weighted by Crippen LogP contribution is 2.27. The van der Waals surface area contributed by atoms with Gasteiger partial charge in [0.2, 0.25) is 0 Å². The Morgan fingerprint density at radius 3 is 2.42 bits per heavy atom. The minimum atomic E-state index is -4.49. The van der Waals surface area contributed by atoms with Crippen LogP contribution in [0.3, 0.4) is 0 Å². The highest BCUT2D eigenvalue weighted by Gasteiger charge is 2.32. The number of aryl methyl sites for hydroxylation is 1. The zero-order chi connectivity index (χ0) is 18.7. The number of benzene rings is 1. The topological polar surface area (TPSA) is 55.6 Å². The number of alkyl halides is 3. The van der Waals surface area contributed by atoms with Crippen LogP contribution >= 0.6 is 0 Å². The summed E-state index contributed by atoms with van der Waals surface area (Å²) in [4.78, 5) is 0. The van der Waals surface area contributed by atoms with Crippen molar-refractivity contribution in [1.29, 1.82) is 0 Å². The van der Waals surface area contributed by atoms with E-state index in [2.05, 4.69) is 20.6 Å². The SMILES string of the molecule is Cc1cc(CC(C)Nc2ccc(C(F)(F)F)nn2)n(-c2ccccc2)n1. The van der Waals surface area contributed by atoms with Crippen LogP contribution in [0.4, 0.5) is 19.0 Å². The number of hydrogen-bond acceptors (Lipinski definition) is 4. The molecule has 2 heterocycles. The molecule has 1 unspecified atom stereocenters. The molecule has 0 saturated carbocycles. The van der Waals surface area contributed by atoms with Crippen LogP contribution < -0.4 is 5.32 Å². The van der Waals surface area contributed by atoms with Crippen LogP contribution in [0, 0.1) is 6.92 Å². The second kappa shape index (κ2) is 7.15. The molecular weight excluding hydrogens is 343 g/mol. The van der Waals surface area contributed by atoms with Crippen molar-refractivity contribution in [2.24, 2.45) is 0 Å². The number of para-hydroxylation sites is 1. The fourth-order valence-electron chi connectivity index (χ4n) is 2.67. The Morgan fingerprint density at radius 2 is 1.81 bits per heavy atom. The van der Waals surface area contributed by atoms with Gasteiger partial charge in [0, 0.05) is 18.2 Å². The van der Waals surface area contributed by atoms with Gasteiger partial charge < -0.3 is 5.32 Å². The van der Waals surface area contributed by atoms with Crippen LogP contribution in [0.5, 0.6) is 0 Å². The van der Waals surface area contributed by atoms with E-state index in [0.717, 1.165) is 23.1 Å². The molecule has 0 fully saturated rings. The molecule has 26 heavy (non-hydrogen) atoms. The Balaban J connectivity index is 1.72. The first-order valence-electron chi connectivity index (χ1n) is 8.11. The van der Waals surface area contributed by atoms with Crippen LogP contribution in [0.15, 0.2) is 48.5 Å². The zero-order valence-corrected chi connectivity index (χ0v) is 14.3. The fourth-order valence-corrected chi connectivity index (χ4v) is 2.67. The third-order valence-electron chi connectivity index (χ3n) is 3.77. The van der Waals surface area contributed by atoms with Crippen molar-refractivity contribution in [2.45, 2.75) is 32.5 Å². The van der Waals surface area contributed by atoms with E-state index in [1.807, 2.05) is 54.9 Å². The summed E-state index contributed by atoms with van der Waals surface area (Å²) in [6.07, 6.45) is -3.87. The summed E-state index contributed by atoms with van der Waals surface area (Å²) < 4.78 is 39.5. The monoisotopic (exact) mass is 361 g/mol. The van der Waals surface area contributed by atoms with E-state index in [1.165, 1.54) is 6.07 Å². The lowest BCUT2D eigenvalue weighted by Crippen LogP contribution is -2.21. The summed E-state index contributed by atoms with van der Waals surface area (Å²) in [5, 5.41) is 14.4. The molecule has 0 aliphatic rings. The van der Waals surface area contributed by atoms with Crippen molar-refractivity contribution in [2.75, 3.05) is 5.32 Å². The van der Waals surface area contributed by atoms with E-state index in [-0.39, 0.29) is 6.04 Å². The van der Waals surface area contributed by atoms with Crippen LogP contribution in [0.1, 0.15) is 24.0 Å². The van der Waals surface area contributed by atoms with Gasteiger partial charge in [-0.2, -0.15) is 18.3 Å². The molecule has 0 aliphatic carbocycles. The Morgan fingerprint density at radius 1 is 1.08 bits per heavy atom. The molecule has 0 saturated heterocycles. The molecule has 1 atom stereocenters. The normalized spacial score (nSPS) is 12.8. The van der Waals surface area contributed by atoms with E-state index in [0.29, 0.717) is 12.2 Å². The maximum absolute atomic E-state index is 12.5. The quantitative estimate of drug-likeness (QED) is 0.745. The third-order valence-corrected chi connectivity index (χ3v) is 3.77. The van der Waals surface area contributed by atoms with Crippen molar-refractivity contribution in [3.63, 3.8) is 0 Å². The lowest BCUT2D eigenvalue weighted by Gasteiger charge is -2.15. The number of hydrogen-bond donors (Lipinski definition) is 1. The summed E-state index contributed by atoms with van der Waals surface area (Å²) >= 11 is 0. The van der Waals surface area contributed by atoms with Gasteiger partial charge >= 0.3 is 6.18 Å². The average molecular weight is 361 g/mol. The second-order valence-electron chi connectivity index (χ2n) is 6.08. The number of aromatic nitrogens is 4. The van der Waals surface area contributed by atoms with Crippen LogP contribution in [0.25, 0.3) is 5.69 Å². The fraction of sp³-hybridized carbons (Fsp3) is 0.278. The molecule has 1 N–H and O–H groups in total. The number of nitrogens with zero attached hydrogens (tertiary/aromatic N) is 4. The van der Waals surface area contributed by atoms with Crippen molar-refractivity contribution in [1.82, 2.24) is 20.0 Å². The van der Waals surface area contributed by atoms with Gasteiger partial charge in [0.1, 0.15) is 5.82 Å². The van der Waals surface area contributed by atoms with Gasteiger partial charge in [-0.25, -0.2) is 4.68 Å². The average Bonchev–Trinajstić information content (AvgIpc) is 2.95. The molecule has 2 aromatic heterocycles. The minimum Gasteiger partial charge on any atom is -0.366 e. The molecule has 3 rings (SSSR count). The maximum Gasteiger partial charge on any atom is 0.435 e. The summed E-state index contributed by atoms with van der Waals surface area (Å²) in [5.41, 5.74) is 1.84. The van der Waals surface area contributed by atoms with Crippen molar-refractivity contribution in [3.05, 3.63) is 65.6 Å². The number of anilines is 1. The van der Waals surface area contributed by atoms with Crippen molar-refractivity contribution >= 4 is 5.82 Å². The molecule has 8 heteroatoms. The first-order chi connectivity index (χ1) is 12.3. The minimum absolute atomic E-state index is 0.0698. The summed E-state index contributed by atoms with van der Waals surface area (Å²) in [6, 6.07) is 13.9. The van der Waals surface area contributed by atoms with E-state index < -0.39 is 11.9 Å². The molecule has 0 aliphatic heterocycles. The largest absolute Gasteiger partial charge is 0.435 e. The predicted octanol–water partition coefficient (Wildman–Crippen LogP) is 4.03. The number of rotatable bonds is 5. The molecule has 1 aromatic carbocycles. The molecule has 0 bridgehead atoms.